The number of benzene rings is 2. The lowest BCUT2D eigenvalue weighted by atomic mass is 9.48. The van der Waals surface area contributed by atoms with Crippen molar-refractivity contribution in [1.29, 1.82) is 0 Å². The van der Waals surface area contributed by atoms with Crippen LogP contribution < -0.4 is 14.2 Å². The quantitative estimate of drug-likeness (QED) is 0.520. The molecule has 4 bridgehead atoms. The number of hydrogen-bond acceptors (Lipinski definition) is 4. The maximum Gasteiger partial charge on any atom is 0.203 e. The molecule has 6 rings (SSSR count). The maximum atomic E-state index is 5.62. The van der Waals surface area contributed by atoms with Gasteiger partial charge in [-0.1, -0.05) is 12.1 Å². The SMILES string of the molecule is COc1ccc(C=Nc2cc(C34CC5CC(CC(C5)C3)C4)ccc2C)c(OC)c1OC. The van der Waals surface area contributed by atoms with Crippen LogP contribution in [0.15, 0.2) is 35.3 Å². The molecule has 0 atom stereocenters. The van der Waals surface area contributed by atoms with Crippen molar-refractivity contribution >= 4 is 11.9 Å². The number of aliphatic imine (C=N–C) groups is 1. The Hall–Kier alpha value is -2.49. The first kappa shape index (κ1) is 20.4. The second-order valence-electron chi connectivity index (χ2n) is 9.88. The molecule has 0 N–H and O–H groups in total. The van der Waals surface area contributed by atoms with Crippen LogP contribution in [-0.4, -0.2) is 27.5 Å². The zero-order valence-electron chi connectivity index (χ0n) is 19.1. The van der Waals surface area contributed by atoms with E-state index in [-0.39, 0.29) is 0 Å². The van der Waals surface area contributed by atoms with Gasteiger partial charge in [0.05, 0.1) is 27.0 Å². The van der Waals surface area contributed by atoms with E-state index in [1.165, 1.54) is 49.7 Å². The number of rotatable bonds is 6. The van der Waals surface area contributed by atoms with Gasteiger partial charge in [0, 0.05) is 11.8 Å². The molecule has 0 unspecified atom stereocenters. The zero-order valence-corrected chi connectivity index (χ0v) is 19.1. The smallest absolute Gasteiger partial charge is 0.203 e. The first-order valence-corrected chi connectivity index (χ1v) is 11.5. The van der Waals surface area contributed by atoms with Gasteiger partial charge in [-0.3, -0.25) is 4.99 Å². The third-order valence-electron chi connectivity index (χ3n) is 7.94. The van der Waals surface area contributed by atoms with Crippen molar-refractivity contribution in [3.8, 4) is 17.2 Å². The lowest BCUT2D eigenvalue weighted by molar-refractivity contribution is -0.00517. The fraction of sp³-hybridized carbons (Fsp3) is 0.519. The van der Waals surface area contributed by atoms with Crippen LogP contribution in [0.3, 0.4) is 0 Å². The molecule has 4 aliphatic carbocycles. The summed E-state index contributed by atoms with van der Waals surface area (Å²) in [5.41, 5.74) is 5.01. The largest absolute Gasteiger partial charge is 0.493 e. The molecule has 0 aromatic heterocycles. The highest BCUT2D eigenvalue weighted by Gasteiger charge is 2.51. The van der Waals surface area contributed by atoms with Crippen LogP contribution in [0.5, 0.6) is 17.2 Å². The third-order valence-corrected chi connectivity index (χ3v) is 7.94. The van der Waals surface area contributed by atoms with Crippen LogP contribution >= 0.6 is 0 Å². The normalized spacial score (nSPS) is 28.8. The Kier molecular flexibility index (Phi) is 5.19. The molecule has 0 saturated heterocycles. The highest BCUT2D eigenvalue weighted by atomic mass is 16.5. The van der Waals surface area contributed by atoms with E-state index in [2.05, 4.69) is 25.1 Å². The highest BCUT2D eigenvalue weighted by Crippen LogP contribution is 2.61. The van der Waals surface area contributed by atoms with Crippen molar-refractivity contribution in [3.63, 3.8) is 0 Å². The lowest BCUT2D eigenvalue weighted by Crippen LogP contribution is -2.48. The van der Waals surface area contributed by atoms with Gasteiger partial charge in [0.25, 0.3) is 0 Å². The van der Waals surface area contributed by atoms with Crippen LogP contribution in [0.4, 0.5) is 5.69 Å². The summed E-state index contributed by atoms with van der Waals surface area (Å²) in [6, 6.07) is 10.8. The molecule has 0 amide bonds. The monoisotopic (exact) mass is 419 g/mol. The fourth-order valence-electron chi connectivity index (χ4n) is 6.91. The predicted octanol–water partition coefficient (Wildman–Crippen LogP) is 6.24. The summed E-state index contributed by atoms with van der Waals surface area (Å²) in [4.78, 5) is 4.90. The molecule has 4 nitrogen and oxygen atoms in total. The van der Waals surface area contributed by atoms with Crippen LogP contribution in [0.25, 0.3) is 0 Å². The second-order valence-corrected chi connectivity index (χ2v) is 9.88. The average molecular weight is 420 g/mol. The lowest BCUT2D eigenvalue weighted by Gasteiger charge is -2.57. The first-order valence-electron chi connectivity index (χ1n) is 11.5. The highest BCUT2D eigenvalue weighted by molar-refractivity contribution is 5.88. The molecule has 0 aliphatic heterocycles. The minimum Gasteiger partial charge on any atom is -0.493 e. The van der Waals surface area contributed by atoms with Crippen molar-refractivity contribution in [1.82, 2.24) is 0 Å². The standard InChI is InChI=1S/C27H33NO3/c1-17-5-7-22(27-13-18-9-19(14-27)11-20(10-18)15-27)12-23(17)28-16-21-6-8-24(29-2)26(31-4)25(21)30-3/h5-8,12,16,18-20H,9-11,13-15H2,1-4H3. The van der Waals surface area contributed by atoms with Gasteiger partial charge >= 0.3 is 0 Å². The van der Waals surface area contributed by atoms with Crippen molar-refractivity contribution < 1.29 is 14.2 Å². The zero-order chi connectivity index (χ0) is 21.6. The molecule has 2 aromatic carbocycles. The summed E-state index contributed by atoms with van der Waals surface area (Å²) in [7, 11) is 4.90. The molecular weight excluding hydrogens is 386 g/mol. The van der Waals surface area contributed by atoms with Gasteiger partial charge in [-0.15, -0.1) is 0 Å². The fourth-order valence-corrected chi connectivity index (χ4v) is 6.91. The van der Waals surface area contributed by atoms with E-state index in [0.29, 0.717) is 22.7 Å². The molecule has 0 heterocycles. The minimum atomic E-state index is 0.383. The molecule has 2 aromatic rings. The van der Waals surface area contributed by atoms with Crippen molar-refractivity contribution in [2.75, 3.05) is 21.3 Å². The van der Waals surface area contributed by atoms with E-state index in [0.717, 1.165) is 29.0 Å². The summed E-state index contributed by atoms with van der Waals surface area (Å²) in [6.45, 7) is 2.14. The van der Waals surface area contributed by atoms with Crippen LogP contribution in [-0.2, 0) is 5.41 Å². The van der Waals surface area contributed by atoms with Gasteiger partial charge in [-0.05, 0) is 97.9 Å². The molecule has 4 aliphatic rings. The van der Waals surface area contributed by atoms with E-state index < -0.39 is 0 Å². The Morgan fingerprint density at radius 3 is 2.06 bits per heavy atom. The summed E-state index contributed by atoms with van der Waals surface area (Å²) >= 11 is 0. The van der Waals surface area contributed by atoms with Gasteiger partial charge in [-0.25, -0.2) is 0 Å². The second kappa shape index (κ2) is 7.89. The Balaban J connectivity index is 1.48. The molecule has 4 saturated carbocycles. The first-order chi connectivity index (χ1) is 15.0. The van der Waals surface area contributed by atoms with Crippen LogP contribution in [0.1, 0.15) is 55.2 Å². The van der Waals surface area contributed by atoms with Gasteiger partial charge in [-0.2, -0.15) is 0 Å². The Morgan fingerprint density at radius 2 is 1.48 bits per heavy atom. The summed E-state index contributed by atoms with van der Waals surface area (Å²) in [6.07, 6.45) is 10.4. The third kappa shape index (κ3) is 3.50. The molecule has 31 heavy (non-hydrogen) atoms. The summed E-state index contributed by atoms with van der Waals surface area (Å²) in [5, 5.41) is 0. The molecule has 0 spiro atoms. The molecule has 164 valence electrons. The van der Waals surface area contributed by atoms with Gasteiger partial charge in [0.2, 0.25) is 5.75 Å². The Labute approximate surface area is 185 Å². The number of hydrogen-bond donors (Lipinski definition) is 0. The number of aryl methyl sites for hydroxylation is 1. The Morgan fingerprint density at radius 1 is 0.839 bits per heavy atom. The maximum absolute atomic E-state index is 5.62. The number of ether oxygens (including phenoxy) is 3. The van der Waals surface area contributed by atoms with E-state index >= 15 is 0 Å². The number of methoxy groups -OCH3 is 3. The average Bonchev–Trinajstić information content (AvgIpc) is 2.76. The number of nitrogens with zero attached hydrogens (tertiary/aromatic N) is 1. The summed E-state index contributed by atoms with van der Waals surface area (Å²) in [5.74, 6) is 4.70. The van der Waals surface area contributed by atoms with Gasteiger partial charge in [0.15, 0.2) is 11.5 Å². The van der Waals surface area contributed by atoms with E-state index in [9.17, 15) is 0 Å². The topological polar surface area (TPSA) is 40.0 Å². The van der Waals surface area contributed by atoms with Crippen molar-refractivity contribution in [2.24, 2.45) is 22.7 Å². The van der Waals surface area contributed by atoms with Crippen molar-refractivity contribution in [2.45, 2.75) is 50.9 Å². The van der Waals surface area contributed by atoms with Crippen LogP contribution in [0, 0.1) is 24.7 Å². The van der Waals surface area contributed by atoms with E-state index in [1.807, 2.05) is 18.3 Å². The van der Waals surface area contributed by atoms with E-state index in [4.69, 9.17) is 19.2 Å². The van der Waals surface area contributed by atoms with E-state index in [1.54, 1.807) is 21.3 Å². The minimum absolute atomic E-state index is 0.383. The van der Waals surface area contributed by atoms with Crippen LogP contribution in [0.2, 0.25) is 0 Å². The molecule has 4 heteroatoms. The molecule has 0 radical (unpaired) electrons. The molecule has 4 fully saturated rings. The van der Waals surface area contributed by atoms with Crippen molar-refractivity contribution in [3.05, 3.63) is 47.0 Å². The van der Waals surface area contributed by atoms with Gasteiger partial charge in [0.1, 0.15) is 0 Å². The summed E-state index contributed by atoms with van der Waals surface area (Å²) < 4.78 is 16.5. The van der Waals surface area contributed by atoms with Gasteiger partial charge < -0.3 is 14.2 Å². The molecular formula is C27H33NO3. The Bertz CT molecular complexity index is 974. The predicted molar refractivity (Wildman–Crippen MR) is 124 cm³/mol.